The zero-order valence-electron chi connectivity index (χ0n) is 10.9. The van der Waals surface area contributed by atoms with Crippen LogP contribution in [0.1, 0.15) is 0 Å². The molecule has 0 heterocycles. The molecule has 5 nitrogen and oxygen atoms in total. The molecule has 0 bridgehead atoms. The van der Waals surface area contributed by atoms with Gasteiger partial charge in [-0.2, -0.15) is 5.11 Å². The van der Waals surface area contributed by atoms with Crippen LogP contribution in [0.15, 0.2) is 64.8 Å². The monoisotopic (exact) mass is 314 g/mol. The normalized spacial score (nSPS) is 10.9. The zero-order chi connectivity index (χ0) is 16.6. The van der Waals surface area contributed by atoms with E-state index in [0.29, 0.717) is 5.69 Å². The molecule has 2 rings (SSSR count). The van der Waals surface area contributed by atoms with Crippen molar-refractivity contribution in [2.75, 3.05) is 0 Å². The number of para-hydroxylation sites is 1. The van der Waals surface area contributed by atoms with E-state index < -0.39 is 12.2 Å². The third-order valence-electron chi connectivity index (χ3n) is 2.11. The molecule has 116 valence electrons. The first-order chi connectivity index (χ1) is 10.3. The molecule has 0 aliphatic rings. The van der Waals surface area contributed by atoms with Gasteiger partial charge in [-0.05, 0) is 18.2 Å². The van der Waals surface area contributed by atoms with E-state index in [1.54, 1.807) is 30.3 Å². The molecule has 0 aromatic heterocycles. The summed E-state index contributed by atoms with van der Waals surface area (Å²) in [5.74, 6) is 0. The highest BCUT2D eigenvalue weighted by molar-refractivity contribution is 6.50. The number of halogens is 4. The highest BCUT2D eigenvalue weighted by atomic mass is 19.5. The Morgan fingerprint density at radius 2 is 1.36 bits per heavy atom. The summed E-state index contributed by atoms with van der Waals surface area (Å²) in [6, 6.07) is 15.3. The van der Waals surface area contributed by atoms with Gasteiger partial charge in [-0.3, -0.25) is 10.1 Å². The van der Waals surface area contributed by atoms with E-state index in [4.69, 9.17) is 0 Å². The van der Waals surface area contributed by atoms with Gasteiger partial charge in [0.25, 0.3) is 5.69 Å². The molecular weight excluding hydrogens is 305 g/mol. The maximum atomic E-state index is 10.7. The standard InChI is InChI=1S/C12H9N3O2.BF4/c16-15(17)12-9-5-4-8-11(12)14-13-10-6-2-1-3-7-10;2-1(3,4)5/h1-9H;/q;-1/b14-13+;. The minimum Gasteiger partial charge on any atom is -0.418 e. The first-order valence-corrected chi connectivity index (χ1v) is 5.85. The van der Waals surface area contributed by atoms with Gasteiger partial charge >= 0.3 is 7.25 Å². The molecule has 0 radical (unpaired) electrons. The summed E-state index contributed by atoms with van der Waals surface area (Å²) in [6.45, 7) is 0. The quantitative estimate of drug-likeness (QED) is 0.253. The summed E-state index contributed by atoms with van der Waals surface area (Å²) >= 11 is 0. The minimum absolute atomic E-state index is 0.0489. The first kappa shape index (κ1) is 17.3. The van der Waals surface area contributed by atoms with Crippen LogP contribution in [0.25, 0.3) is 0 Å². The molecule has 22 heavy (non-hydrogen) atoms. The van der Waals surface area contributed by atoms with Crippen LogP contribution in [-0.2, 0) is 0 Å². The van der Waals surface area contributed by atoms with Crippen molar-refractivity contribution < 1.29 is 22.2 Å². The molecule has 0 spiro atoms. The Morgan fingerprint density at radius 1 is 0.864 bits per heavy atom. The number of nitrogens with zero attached hydrogens (tertiary/aromatic N) is 3. The van der Waals surface area contributed by atoms with E-state index >= 15 is 0 Å². The SMILES string of the molecule is F[B-](F)(F)F.O=[N+]([O-])c1ccccc1/N=N/c1ccccc1. The van der Waals surface area contributed by atoms with E-state index in [0.717, 1.165) is 0 Å². The van der Waals surface area contributed by atoms with Crippen molar-refractivity contribution in [1.29, 1.82) is 0 Å². The molecule has 0 saturated carbocycles. The van der Waals surface area contributed by atoms with E-state index in [9.17, 15) is 27.4 Å². The lowest BCUT2D eigenvalue weighted by Gasteiger charge is -1.95. The van der Waals surface area contributed by atoms with Crippen LogP contribution in [0.5, 0.6) is 0 Å². The average Bonchev–Trinajstić information content (AvgIpc) is 2.44. The van der Waals surface area contributed by atoms with Gasteiger partial charge in [-0.25, -0.2) is 0 Å². The van der Waals surface area contributed by atoms with Gasteiger partial charge in [-0.15, -0.1) is 5.11 Å². The van der Waals surface area contributed by atoms with Gasteiger partial charge in [0.05, 0.1) is 10.6 Å². The lowest BCUT2D eigenvalue weighted by molar-refractivity contribution is -0.384. The van der Waals surface area contributed by atoms with Crippen LogP contribution >= 0.6 is 0 Å². The van der Waals surface area contributed by atoms with Crippen LogP contribution in [0, 0.1) is 10.1 Å². The first-order valence-electron chi connectivity index (χ1n) is 5.85. The van der Waals surface area contributed by atoms with Crippen LogP contribution in [0.3, 0.4) is 0 Å². The fourth-order valence-corrected chi connectivity index (χ4v) is 1.31. The van der Waals surface area contributed by atoms with E-state index in [1.165, 1.54) is 6.07 Å². The number of hydrogen-bond acceptors (Lipinski definition) is 4. The Labute approximate surface area is 122 Å². The number of benzene rings is 2. The summed E-state index contributed by atoms with van der Waals surface area (Å²) < 4.78 is 39.0. The summed E-state index contributed by atoms with van der Waals surface area (Å²) in [7, 11) is -6.00. The lowest BCUT2D eigenvalue weighted by atomic mass is 10.3. The second kappa shape index (κ2) is 7.86. The molecule has 2 aromatic rings. The maximum Gasteiger partial charge on any atom is 0.673 e. The fourth-order valence-electron chi connectivity index (χ4n) is 1.31. The predicted molar refractivity (Wildman–Crippen MR) is 73.9 cm³/mol. The molecule has 10 heteroatoms. The number of hydrogen-bond donors (Lipinski definition) is 0. The predicted octanol–water partition coefficient (Wildman–Crippen LogP) is 5.31. The van der Waals surface area contributed by atoms with Crippen molar-refractivity contribution in [3.63, 3.8) is 0 Å². The van der Waals surface area contributed by atoms with Crippen LogP contribution in [-0.4, -0.2) is 12.2 Å². The van der Waals surface area contributed by atoms with Crippen LogP contribution in [0.4, 0.5) is 34.3 Å². The van der Waals surface area contributed by atoms with E-state index in [2.05, 4.69) is 10.2 Å². The highest BCUT2D eigenvalue weighted by Crippen LogP contribution is 2.27. The van der Waals surface area contributed by atoms with Crippen molar-refractivity contribution in [3.8, 4) is 0 Å². The fraction of sp³-hybridized carbons (Fsp3) is 0. The van der Waals surface area contributed by atoms with E-state index in [-0.39, 0.29) is 11.4 Å². The topological polar surface area (TPSA) is 67.9 Å². The Bertz CT molecular complexity index is 644. The van der Waals surface area contributed by atoms with Gasteiger partial charge in [0, 0.05) is 6.07 Å². The van der Waals surface area contributed by atoms with Crippen molar-refractivity contribution in [3.05, 3.63) is 64.7 Å². The van der Waals surface area contributed by atoms with Crippen molar-refractivity contribution in [2.24, 2.45) is 10.2 Å². The van der Waals surface area contributed by atoms with Gasteiger partial charge in [-0.1, -0.05) is 30.3 Å². The van der Waals surface area contributed by atoms with Crippen LogP contribution < -0.4 is 0 Å². The number of nitro groups is 1. The molecule has 2 aromatic carbocycles. The molecule has 0 atom stereocenters. The average molecular weight is 314 g/mol. The Kier molecular flexibility index (Phi) is 6.17. The maximum absolute atomic E-state index is 10.7. The third kappa shape index (κ3) is 7.13. The Balaban J connectivity index is 0.000000422. The lowest BCUT2D eigenvalue weighted by Crippen LogP contribution is -2.02. The van der Waals surface area contributed by atoms with Crippen molar-refractivity contribution in [2.45, 2.75) is 0 Å². The molecule has 0 aliphatic heterocycles. The summed E-state index contributed by atoms with van der Waals surface area (Å²) in [5.41, 5.74) is 0.860. The Hall–Kier alpha value is -2.78. The second-order valence-corrected chi connectivity index (χ2v) is 3.78. The summed E-state index contributed by atoms with van der Waals surface area (Å²) in [4.78, 5) is 10.3. The van der Waals surface area contributed by atoms with E-state index in [1.807, 2.05) is 18.2 Å². The van der Waals surface area contributed by atoms with Crippen molar-refractivity contribution in [1.82, 2.24) is 0 Å². The molecular formula is C12H9BF4N3O2-. The molecule has 0 saturated heterocycles. The minimum atomic E-state index is -6.00. The van der Waals surface area contributed by atoms with Crippen molar-refractivity contribution >= 4 is 24.3 Å². The Morgan fingerprint density at radius 3 is 1.91 bits per heavy atom. The smallest absolute Gasteiger partial charge is 0.418 e. The molecule has 0 aliphatic carbocycles. The number of azo groups is 1. The van der Waals surface area contributed by atoms with Gasteiger partial charge < -0.3 is 17.3 Å². The number of rotatable bonds is 3. The second-order valence-electron chi connectivity index (χ2n) is 3.78. The van der Waals surface area contributed by atoms with Gasteiger partial charge in [0.2, 0.25) is 0 Å². The molecule has 0 unspecified atom stereocenters. The third-order valence-corrected chi connectivity index (χ3v) is 2.11. The largest absolute Gasteiger partial charge is 0.673 e. The van der Waals surface area contributed by atoms with Gasteiger partial charge in [0.15, 0.2) is 5.69 Å². The molecule has 0 fully saturated rings. The zero-order valence-corrected chi connectivity index (χ0v) is 10.9. The van der Waals surface area contributed by atoms with Crippen LogP contribution in [0.2, 0.25) is 0 Å². The van der Waals surface area contributed by atoms with Gasteiger partial charge in [0.1, 0.15) is 0 Å². The summed E-state index contributed by atoms with van der Waals surface area (Å²) in [6.07, 6.45) is 0. The highest BCUT2D eigenvalue weighted by Gasteiger charge is 2.20. The molecule has 0 amide bonds. The summed E-state index contributed by atoms with van der Waals surface area (Å²) in [5, 5.41) is 18.6. The molecule has 0 N–H and O–H groups in total. The number of nitro benzene ring substituents is 1.